The van der Waals surface area contributed by atoms with Crippen molar-refractivity contribution in [3.8, 4) is 5.75 Å². The number of methoxy groups -OCH3 is 1. The number of hydrogen-bond acceptors (Lipinski definition) is 6. The molecule has 0 atom stereocenters. The van der Waals surface area contributed by atoms with Crippen molar-refractivity contribution in [3.63, 3.8) is 0 Å². The van der Waals surface area contributed by atoms with Crippen molar-refractivity contribution in [3.05, 3.63) is 59.7 Å². The first-order chi connectivity index (χ1) is 13.5. The van der Waals surface area contributed by atoms with Crippen LogP contribution < -0.4 is 14.6 Å². The van der Waals surface area contributed by atoms with Gasteiger partial charge in [0.25, 0.3) is 0 Å². The average molecular weight is 440 g/mol. The van der Waals surface area contributed by atoms with E-state index in [0.717, 1.165) is 6.08 Å². The van der Waals surface area contributed by atoms with Gasteiger partial charge >= 0.3 is 5.97 Å². The van der Waals surface area contributed by atoms with Crippen LogP contribution in [0.5, 0.6) is 5.75 Å². The zero-order valence-electron chi connectivity index (χ0n) is 15.4. The molecule has 4 N–H and O–H groups in total. The molecule has 156 valence electrons. The molecule has 0 aliphatic carbocycles. The number of aliphatic carboxylic acids is 1. The Bertz CT molecular complexity index is 1120. The maximum Gasteiger partial charge on any atom is 0.328 e. The highest BCUT2D eigenvalue weighted by Gasteiger charge is 2.19. The van der Waals surface area contributed by atoms with Gasteiger partial charge in [-0.3, -0.25) is 0 Å². The Hall–Kier alpha value is -2.73. The molecule has 0 aliphatic rings. The SMILES string of the molecule is COc1ccc(/C=C/C(=O)O)cc1S(=O)(=O)NCCc1ccc(S(N)(=O)=O)cc1. The number of rotatable bonds is 9. The smallest absolute Gasteiger partial charge is 0.328 e. The molecule has 2 rings (SSSR count). The zero-order valence-corrected chi connectivity index (χ0v) is 17.0. The highest BCUT2D eigenvalue weighted by atomic mass is 32.2. The van der Waals surface area contributed by atoms with E-state index >= 15 is 0 Å². The Balaban J connectivity index is 2.14. The van der Waals surface area contributed by atoms with E-state index in [1.165, 1.54) is 43.5 Å². The van der Waals surface area contributed by atoms with E-state index in [2.05, 4.69) is 4.72 Å². The van der Waals surface area contributed by atoms with Crippen LogP contribution in [0.25, 0.3) is 6.08 Å². The molecule has 0 heterocycles. The Morgan fingerprint density at radius 3 is 2.34 bits per heavy atom. The molecule has 29 heavy (non-hydrogen) atoms. The number of hydrogen-bond donors (Lipinski definition) is 3. The number of benzene rings is 2. The maximum atomic E-state index is 12.7. The summed E-state index contributed by atoms with van der Waals surface area (Å²) < 4.78 is 55.3. The van der Waals surface area contributed by atoms with Gasteiger partial charge < -0.3 is 9.84 Å². The van der Waals surface area contributed by atoms with Crippen LogP contribution in [0.2, 0.25) is 0 Å². The van der Waals surface area contributed by atoms with Gasteiger partial charge in [0.2, 0.25) is 20.0 Å². The lowest BCUT2D eigenvalue weighted by atomic mass is 10.2. The highest BCUT2D eigenvalue weighted by molar-refractivity contribution is 7.89. The predicted octanol–water partition coefficient (Wildman–Crippen LogP) is 0.961. The Kier molecular flexibility index (Phi) is 7.14. The number of sulfonamides is 2. The first kappa shape index (κ1) is 22.6. The van der Waals surface area contributed by atoms with Crippen LogP contribution in [0.4, 0.5) is 0 Å². The van der Waals surface area contributed by atoms with Crippen LogP contribution in [0.15, 0.2) is 58.3 Å². The molecule has 0 saturated heterocycles. The van der Waals surface area contributed by atoms with Crippen molar-refractivity contribution in [2.45, 2.75) is 16.2 Å². The topological polar surface area (TPSA) is 153 Å². The number of carboxylic acids is 1. The lowest BCUT2D eigenvalue weighted by Crippen LogP contribution is -2.26. The molecular formula is C18H20N2O7S2. The van der Waals surface area contributed by atoms with Gasteiger partial charge in [-0.1, -0.05) is 18.2 Å². The summed E-state index contributed by atoms with van der Waals surface area (Å²) in [5.41, 5.74) is 1.09. The van der Waals surface area contributed by atoms with Gasteiger partial charge in [0.05, 0.1) is 12.0 Å². The molecule has 0 saturated carbocycles. The van der Waals surface area contributed by atoms with Crippen LogP contribution in [-0.2, 0) is 31.3 Å². The standard InChI is InChI=1S/C18H20N2O7S2/c1-27-16-8-4-14(5-9-18(21)22)12-17(16)29(25,26)20-11-10-13-2-6-15(7-3-13)28(19,23)24/h2-9,12,20H,10-11H2,1H3,(H,21,22)(H2,19,23,24)/b9-5+. The fourth-order valence-electron chi connectivity index (χ4n) is 2.43. The molecule has 0 spiro atoms. The summed E-state index contributed by atoms with van der Waals surface area (Å²) in [5.74, 6) is -1.04. The summed E-state index contributed by atoms with van der Waals surface area (Å²) in [6, 6.07) is 10.1. The third kappa shape index (κ3) is 6.39. The van der Waals surface area contributed by atoms with Crippen molar-refractivity contribution in [1.82, 2.24) is 4.72 Å². The number of nitrogens with one attached hydrogen (secondary N) is 1. The minimum Gasteiger partial charge on any atom is -0.495 e. The molecule has 0 aromatic heterocycles. The second-order valence-electron chi connectivity index (χ2n) is 5.92. The summed E-state index contributed by atoms with van der Waals surface area (Å²) in [7, 11) is -6.40. The molecule has 0 bridgehead atoms. The lowest BCUT2D eigenvalue weighted by molar-refractivity contribution is -0.131. The summed E-state index contributed by atoms with van der Waals surface area (Å²) >= 11 is 0. The van der Waals surface area contributed by atoms with Gasteiger partial charge in [-0.25, -0.2) is 31.5 Å². The summed E-state index contributed by atoms with van der Waals surface area (Å²) in [6.45, 7) is 0.0510. The number of carboxylic acid groups (broad SMARTS) is 1. The third-order valence-corrected chi connectivity index (χ3v) is 6.26. The van der Waals surface area contributed by atoms with Crippen molar-refractivity contribution in [2.75, 3.05) is 13.7 Å². The molecule has 0 fully saturated rings. The van der Waals surface area contributed by atoms with E-state index in [0.29, 0.717) is 17.5 Å². The lowest BCUT2D eigenvalue weighted by Gasteiger charge is -2.12. The minimum atomic E-state index is -3.94. The predicted molar refractivity (Wildman–Crippen MR) is 106 cm³/mol. The second-order valence-corrected chi connectivity index (χ2v) is 9.22. The molecule has 9 nitrogen and oxygen atoms in total. The van der Waals surface area contributed by atoms with E-state index in [4.69, 9.17) is 15.0 Å². The van der Waals surface area contributed by atoms with E-state index in [1.54, 1.807) is 12.1 Å². The third-order valence-electron chi connectivity index (χ3n) is 3.85. The molecule has 0 amide bonds. The fourth-order valence-corrected chi connectivity index (χ4v) is 4.18. The van der Waals surface area contributed by atoms with Crippen LogP contribution >= 0.6 is 0 Å². The van der Waals surface area contributed by atoms with Crippen molar-refractivity contribution < 1.29 is 31.5 Å². The Morgan fingerprint density at radius 1 is 1.14 bits per heavy atom. The highest BCUT2D eigenvalue weighted by Crippen LogP contribution is 2.25. The summed E-state index contributed by atoms with van der Waals surface area (Å²) in [5, 5.41) is 13.7. The van der Waals surface area contributed by atoms with Gasteiger partial charge in [0.1, 0.15) is 10.6 Å². The first-order valence-corrected chi connectivity index (χ1v) is 11.3. The Morgan fingerprint density at radius 2 is 1.79 bits per heavy atom. The quantitative estimate of drug-likeness (QED) is 0.491. The van der Waals surface area contributed by atoms with Crippen LogP contribution in [0.3, 0.4) is 0 Å². The molecule has 2 aromatic carbocycles. The van der Waals surface area contributed by atoms with E-state index < -0.39 is 26.0 Å². The number of ether oxygens (including phenoxy) is 1. The number of carbonyl (C=O) groups is 1. The van der Waals surface area contributed by atoms with Crippen LogP contribution in [-0.4, -0.2) is 41.6 Å². The molecule has 11 heteroatoms. The monoisotopic (exact) mass is 440 g/mol. The van der Waals surface area contributed by atoms with E-state index in [-0.39, 0.29) is 22.1 Å². The number of nitrogens with two attached hydrogens (primary N) is 1. The molecule has 0 aliphatic heterocycles. The summed E-state index contributed by atoms with van der Waals surface area (Å²) in [4.78, 5) is 10.5. The molecule has 2 aromatic rings. The molecular weight excluding hydrogens is 420 g/mol. The number of primary sulfonamides is 1. The van der Waals surface area contributed by atoms with Gasteiger partial charge in [0.15, 0.2) is 0 Å². The van der Waals surface area contributed by atoms with Gasteiger partial charge in [0, 0.05) is 12.6 Å². The van der Waals surface area contributed by atoms with Crippen molar-refractivity contribution in [1.29, 1.82) is 0 Å². The van der Waals surface area contributed by atoms with Gasteiger partial charge in [-0.2, -0.15) is 0 Å². The Labute approximate surface area is 168 Å². The second kappa shape index (κ2) is 9.18. The van der Waals surface area contributed by atoms with Crippen LogP contribution in [0, 0.1) is 0 Å². The largest absolute Gasteiger partial charge is 0.495 e. The van der Waals surface area contributed by atoms with E-state index in [9.17, 15) is 21.6 Å². The minimum absolute atomic E-state index is 0.0298. The maximum absolute atomic E-state index is 12.7. The van der Waals surface area contributed by atoms with Crippen molar-refractivity contribution >= 4 is 32.1 Å². The first-order valence-electron chi connectivity index (χ1n) is 8.23. The van der Waals surface area contributed by atoms with Crippen molar-refractivity contribution in [2.24, 2.45) is 5.14 Å². The fraction of sp³-hybridized carbons (Fsp3) is 0.167. The normalized spacial score (nSPS) is 12.2. The van der Waals surface area contributed by atoms with Gasteiger partial charge in [-0.05, 0) is 47.9 Å². The zero-order chi connectivity index (χ0) is 21.7. The van der Waals surface area contributed by atoms with E-state index in [1.807, 2.05) is 0 Å². The molecule has 0 unspecified atom stereocenters. The summed E-state index contributed by atoms with van der Waals surface area (Å²) in [6.07, 6.45) is 2.48. The molecule has 0 radical (unpaired) electrons. The van der Waals surface area contributed by atoms with Gasteiger partial charge in [-0.15, -0.1) is 0 Å². The van der Waals surface area contributed by atoms with Crippen LogP contribution in [0.1, 0.15) is 11.1 Å². The average Bonchev–Trinajstić information content (AvgIpc) is 2.65.